The van der Waals surface area contributed by atoms with Crippen LogP contribution in [0.15, 0.2) is 16.5 Å². The van der Waals surface area contributed by atoms with E-state index in [4.69, 9.17) is 9.52 Å². The summed E-state index contributed by atoms with van der Waals surface area (Å²) < 4.78 is 5.26. The van der Waals surface area contributed by atoms with Gasteiger partial charge in [-0.15, -0.1) is 0 Å². The van der Waals surface area contributed by atoms with Gasteiger partial charge in [0, 0.05) is 19.2 Å². The van der Waals surface area contributed by atoms with Gasteiger partial charge in [0.25, 0.3) is 0 Å². The number of hydrogen-bond donors (Lipinski definition) is 1. The summed E-state index contributed by atoms with van der Waals surface area (Å²) in [6, 6.07) is 3.25. The third-order valence-corrected chi connectivity index (χ3v) is 2.77. The summed E-state index contributed by atoms with van der Waals surface area (Å²) in [5.41, 5.74) is 0. The molecule has 1 N–H and O–H groups in total. The number of anilines is 1. The molecule has 0 spiro atoms. The first-order valence-corrected chi connectivity index (χ1v) is 5.25. The quantitative estimate of drug-likeness (QED) is 0.811. The van der Waals surface area contributed by atoms with E-state index in [1.54, 1.807) is 6.07 Å². The smallest absolute Gasteiger partial charge is 0.371 e. The van der Waals surface area contributed by atoms with Gasteiger partial charge in [-0.05, 0) is 24.8 Å². The molecule has 1 aromatic heterocycles. The molecule has 4 nitrogen and oxygen atoms in total. The van der Waals surface area contributed by atoms with E-state index in [0.29, 0.717) is 11.8 Å². The molecule has 15 heavy (non-hydrogen) atoms. The van der Waals surface area contributed by atoms with Crippen LogP contribution in [-0.2, 0) is 0 Å². The van der Waals surface area contributed by atoms with Crippen molar-refractivity contribution >= 4 is 11.9 Å². The zero-order chi connectivity index (χ0) is 10.8. The summed E-state index contributed by atoms with van der Waals surface area (Å²) in [6.45, 7) is 4.11. The molecule has 1 atom stereocenters. The summed E-state index contributed by atoms with van der Waals surface area (Å²) >= 11 is 0. The Hall–Kier alpha value is -1.45. The number of piperidine rings is 1. The normalized spacial score (nSPS) is 21.7. The molecule has 1 aromatic rings. The molecule has 1 fully saturated rings. The minimum absolute atomic E-state index is 0.0169. The van der Waals surface area contributed by atoms with Crippen molar-refractivity contribution in [1.82, 2.24) is 0 Å². The molecule has 0 aromatic carbocycles. The largest absolute Gasteiger partial charge is 0.475 e. The highest BCUT2D eigenvalue weighted by Gasteiger charge is 2.20. The van der Waals surface area contributed by atoms with E-state index in [0.717, 1.165) is 19.5 Å². The summed E-state index contributed by atoms with van der Waals surface area (Å²) in [7, 11) is 0. The maximum atomic E-state index is 10.6. The van der Waals surface area contributed by atoms with Crippen LogP contribution in [0.25, 0.3) is 0 Å². The second-order valence-corrected chi connectivity index (χ2v) is 4.14. The fraction of sp³-hybridized carbons (Fsp3) is 0.545. The van der Waals surface area contributed by atoms with Crippen molar-refractivity contribution in [1.29, 1.82) is 0 Å². The SMILES string of the molecule is CC1CCCN(c2ccc(C(=O)O)o2)C1. The molecule has 1 aliphatic heterocycles. The Labute approximate surface area is 88.5 Å². The van der Waals surface area contributed by atoms with Gasteiger partial charge in [-0.3, -0.25) is 0 Å². The first-order chi connectivity index (χ1) is 7.16. The molecule has 4 heteroatoms. The van der Waals surface area contributed by atoms with Crippen LogP contribution in [0, 0.1) is 5.92 Å². The highest BCUT2D eigenvalue weighted by atomic mass is 16.4. The Balaban J connectivity index is 2.11. The molecular weight excluding hydrogens is 194 g/mol. The van der Waals surface area contributed by atoms with E-state index in [9.17, 15) is 4.79 Å². The molecule has 1 aliphatic rings. The monoisotopic (exact) mass is 209 g/mol. The van der Waals surface area contributed by atoms with Crippen molar-refractivity contribution in [3.63, 3.8) is 0 Å². The van der Waals surface area contributed by atoms with Gasteiger partial charge in [-0.25, -0.2) is 4.79 Å². The zero-order valence-corrected chi connectivity index (χ0v) is 8.77. The fourth-order valence-corrected chi connectivity index (χ4v) is 2.00. The maximum Gasteiger partial charge on any atom is 0.371 e. The van der Waals surface area contributed by atoms with E-state index >= 15 is 0 Å². The maximum absolute atomic E-state index is 10.6. The standard InChI is InChI=1S/C11H15NO3/c1-8-3-2-6-12(7-8)10-5-4-9(15-10)11(13)14/h4-5,8H,2-3,6-7H2,1H3,(H,13,14). The van der Waals surface area contributed by atoms with Crippen molar-refractivity contribution in [3.8, 4) is 0 Å². The Bertz CT molecular complexity index is 358. The van der Waals surface area contributed by atoms with Crippen molar-refractivity contribution in [2.75, 3.05) is 18.0 Å². The third kappa shape index (κ3) is 2.14. The lowest BCUT2D eigenvalue weighted by Crippen LogP contribution is -2.33. The predicted molar refractivity (Wildman–Crippen MR) is 56.3 cm³/mol. The van der Waals surface area contributed by atoms with Crippen molar-refractivity contribution in [2.45, 2.75) is 19.8 Å². The lowest BCUT2D eigenvalue weighted by atomic mass is 10.0. The summed E-state index contributed by atoms with van der Waals surface area (Å²) in [5.74, 6) is 0.339. The summed E-state index contributed by atoms with van der Waals surface area (Å²) in [6.07, 6.45) is 2.38. The number of hydrogen-bond acceptors (Lipinski definition) is 3. The van der Waals surface area contributed by atoms with Gasteiger partial charge in [0.2, 0.25) is 5.76 Å². The van der Waals surface area contributed by atoms with Crippen LogP contribution in [-0.4, -0.2) is 24.2 Å². The van der Waals surface area contributed by atoms with Gasteiger partial charge in [0.15, 0.2) is 5.88 Å². The van der Waals surface area contributed by atoms with Crippen LogP contribution in [0.4, 0.5) is 5.88 Å². The number of aromatic carboxylic acids is 1. The van der Waals surface area contributed by atoms with Crippen LogP contribution < -0.4 is 4.90 Å². The average Bonchev–Trinajstić information content (AvgIpc) is 2.66. The number of carboxylic acid groups (broad SMARTS) is 1. The Morgan fingerprint density at radius 3 is 3.00 bits per heavy atom. The third-order valence-electron chi connectivity index (χ3n) is 2.77. The summed E-state index contributed by atoms with van der Waals surface area (Å²) in [4.78, 5) is 12.8. The molecule has 1 unspecified atom stereocenters. The molecule has 2 heterocycles. The Kier molecular flexibility index (Phi) is 2.66. The molecule has 0 amide bonds. The molecule has 1 saturated heterocycles. The van der Waals surface area contributed by atoms with E-state index < -0.39 is 5.97 Å². The number of rotatable bonds is 2. The van der Waals surface area contributed by atoms with Gasteiger partial charge in [-0.2, -0.15) is 0 Å². The van der Waals surface area contributed by atoms with Crippen LogP contribution in [0.5, 0.6) is 0 Å². The Morgan fingerprint density at radius 1 is 1.60 bits per heavy atom. The molecule has 0 bridgehead atoms. The van der Waals surface area contributed by atoms with Crippen molar-refractivity contribution < 1.29 is 14.3 Å². The minimum atomic E-state index is -1.01. The zero-order valence-electron chi connectivity index (χ0n) is 8.77. The van der Waals surface area contributed by atoms with Crippen LogP contribution in [0.1, 0.15) is 30.3 Å². The minimum Gasteiger partial charge on any atom is -0.475 e. The average molecular weight is 209 g/mol. The molecular formula is C11H15NO3. The van der Waals surface area contributed by atoms with E-state index in [1.165, 1.54) is 12.5 Å². The van der Waals surface area contributed by atoms with Crippen molar-refractivity contribution in [2.24, 2.45) is 5.92 Å². The topological polar surface area (TPSA) is 53.7 Å². The predicted octanol–water partition coefficient (Wildman–Crippen LogP) is 2.21. The van der Waals surface area contributed by atoms with Gasteiger partial charge >= 0.3 is 5.97 Å². The van der Waals surface area contributed by atoms with Crippen LogP contribution in [0.2, 0.25) is 0 Å². The highest BCUT2D eigenvalue weighted by molar-refractivity contribution is 5.84. The number of furan rings is 1. The van der Waals surface area contributed by atoms with Crippen molar-refractivity contribution in [3.05, 3.63) is 17.9 Å². The van der Waals surface area contributed by atoms with Gasteiger partial charge in [0.05, 0.1) is 0 Å². The second-order valence-electron chi connectivity index (χ2n) is 4.14. The van der Waals surface area contributed by atoms with E-state index in [-0.39, 0.29) is 5.76 Å². The molecule has 82 valence electrons. The number of carboxylic acids is 1. The highest BCUT2D eigenvalue weighted by Crippen LogP contribution is 2.24. The van der Waals surface area contributed by atoms with Crippen LogP contribution >= 0.6 is 0 Å². The van der Waals surface area contributed by atoms with Gasteiger partial charge in [0.1, 0.15) is 0 Å². The second kappa shape index (κ2) is 3.96. The molecule has 0 radical (unpaired) electrons. The molecule has 0 saturated carbocycles. The lowest BCUT2D eigenvalue weighted by molar-refractivity contribution is 0.0663. The fourth-order valence-electron chi connectivity index (χ4n) is 2.00. The molecule has 0 aliphatic carbocycles. The van der Waals surface area contributed by atoms with Crippen LogP contribution in [0.3, 0.4) is 0 Å². The summed E-state index contributed by atoms with van der Waals surface area (Å²) in [5, 5.41) is 8.74. The number of nitrogens with zero attached hydrogens (tertiary/aromatic N) is 1. The lowest BCUT2D eigenvalue weighted by Gasteiger charge is -2.30. The van der Waals surface area contributed by atoms with Gasteiger partial charge in [-0.1, -0.05) is 6.92 Å². The number of carbonyl (C=O) groups is 1. The first-order valence-electron chi connectivity index (χ1n) is 5.25. The molecule has 2 rings (SSSR count). The Morgan fingerprint density at radius 2 is 2.40 bits per heavy atom. The van der Waals surface area contributed by atoms with E-state index in [1.807, 2.05) is 0 Å². The van der Waals surface area contributed by atoms with Gasteiger partial charge < -0.3 is 14.4 Å². The first kappa shape index (κ1) is 10.1. The van der Waals surface area contributed by atoms with E-state index in [2.05, 4.69) is 11.8 Å².